The van der Waals surface area contributed by atoms with Gasteiger partial charge in [-0.3, -0.25) is 19.8 Å². The van der Waals surface area contributed by atoms with Crippen LogP contribution in [0.2, 0.25) is 0 Å². The minimum atomic E-state index is -0.531. The molecule has 98 valence electrons. The van der Waals surface area contributed by atoms with E-state index in [0.717, 1.165) is 22.5 Å². The maximum Gasteiger partial charge on any atom is 0.264 e. The highest BCUT2D eigenvalue weighted by Crippen LogP contribution is 2.42. The second kappa shape index (κ2) is 3.60. The molecule has 1 aliphatic heterocycles. The van der Waals surface area contributed by atoms with Gasteiger partial charge >= 0.3 is 0 Å². The molecule has 0 radical (unpaired) electrons. The van der Waals surface area contributed by atoms with E-state index < -0.39 is 5.41 Å². The summed E-state index contributed by atoms with van der Waals surface area (Å²) in [6.45, 7) is 3.84. The largest absolute Gasteiger partial charge is 0.314 e. The summed E-state index contributed by atoms with van der Waals surface area (Å²) in [6.07, 6.45) is 0. The average Bonchev–Trinajstić information content (AvgIpc) is 2.88. The molecule has 0 fully saturated rings. The molecule has 0 saturated heterocycles. The van der Waals surface area contributed by atoms with Gasteiger partial charge in [0, 0.05) is 24.4 Å². The fourth-order valence-electron chi connectivity index (χ4n) is 2.63. The third-order valence-corrected chi connectivity index (χ3v) is 3.78. The number of anilines is 1. The number of amides is 1. The first-order valence-electron chi connectivity index (χ1n) is 6.12. The van der Waals surface area contributed by atoms with E-state index >= 15 is 0 Å². The van der Waals surface area contributed by atoms with Gasteiger partial charge in [-0.25, -0.2) is 0 Å². The molecule has 2 N–H and O–H groups in total. The van der Waals surface area contributed by atoms with E-state index in [9.17, 15) is 9.59 Å². The van der Waals surface area contributed by atoms with Gasteiger partial charge in [0.15, 0.2) is 0 Å². The summed E-state index contributed by atoms with van der Waals surface area (Å²) in [5, 5.41) is 5.34. The van der Waals surface area contributed by atoms with E-state index in [0.29, 0.717) is 0 Å². The van der Waals surface area contributed by atoms with Gasteiger partial charge in [-0.2, -0.15) is 0 Å². The summed E-state index contributed by atoms with van der Waals surface area (Å²) in [7, 11) is 1.79. The number of rotatable bonds is 1. The normalized spacial score (nSPS) is 16.8. The number of carbonyl (C=O) groups is 1. The molecule has 5 heteroatoms. The van der Waals surface area contributed by atoms with Gasteiger partial charge in [-0.05, 0) is 31.5 Å². The van der Waals surface area contributed by atoms with Gasteiger partial charge in [0.05, 0.1) is 11.1 Å². The fourth-order valence-corrected chi connectivity index (χ4v) is 2.63. The van der Waals surface area contributed by atoms with E-state index in [1.54, 1.807) is 11.9 Å². The van der Waals surface area contributed by atoms with Crippen LogP contribution in [0.25, 0.3) is 11.3 Å². The van der Waals surface area contributed by atoms with Crippen LogP contribution in [-0.2, 0) is 10.2 Å². The second-order valence-corrected chi connectivity index (χ2v) is 5.39. The Morgan fingerprint density at radius 2 is 1.84 bits per heavy atom. The summed E-state index contributed by atoms with van der Waals surface area (Å²) in [6, 6.07) is 7.30. The van der Waals surface area contributed by atoms with Gasteiger partial charge < -0.3 is 4.90 Å². The number of carbonyl (C=O) groups excluding carboxylic acids is 1. The lowest BCUT2D eigenvalue weighted by Gasteiger charge is -2.16. The Bertz CT molecular complexity index is 724. The van der Waals surface area contributed by atoms with Gasteiger partial charge in [0.25, 0.3) is 5.56 Å². The number of nitrogens with one attached hydrogen (secondary N) is 2. The molecular weight excluding hydrogens is 242 g/mol. The summed E-state index contributed by atoms with van der Waals surface area (Å²) >= 11 is 0. The van der Waals surface area contributed by atoms with Gasteiger partial charge in [0.2, 0.25) is 5.91 Å². The minimum absolute atomic E-state index is 0.0854. The summed E-state index contributed by atoms with van der Waals surface area (Å²) in [4.78, 5) is 25.1. The Labute approximate surface area is 110 Å². The third kappa shape index (κ3) is 1.54. The first-order chi connectivity index (χ1) is 8.91. The first-order valence-corrected chi connectivity index (χ1v) is 6.12. The molecule has 1 aromatic heterocycles. The summed E-state index contributed by atoms with van der Waals surface area (Å²) in [5.74, 6) is 0.0854. The molecule has 1 amide bonds. The molecule has 0 saturated carbocycles. The van der Waals surface area contributed by atoms with Crippen molar-refractivity contribution in [2.45, 2.75) is 19.3 Å². The van der Waals surface area contributed by atoms with Crippen LogP contribution >= 0.6 is 0 Å². The predicted octanol–water partition coefficient (Wildman–Crippen LogP) is 1.62. The Morgan fingerprint density at radius 3 is 2.47 bits per heavy atom. The number of H-pyrrole nitrogens is 2. The highest BCUT2D eigenvalue weighted by Gasteiger charge is 2.42. The molecule has 0 bridgehead atoms. The lowest BCUT2D eigenvalue weighted by Crippen LogP contribution is -2.33. The number of likely N-dealkylation sites (N-methyl/N-ethyl adjacent to an activating group) is 1. The van der Waals surface area contributed by atoms with Crippen molar-refractivity contribution in [1.82, 2.24) is 10.2 Å². The number of benzene rings is 1. The van der Waals surface area contributed by atoms with E-state index in [2.05, 4.69) is 10.2 Å². The molecule has 1 aliphatic rings. The molecule has 5 nitrogen and oxygen atoms in total. The molecule has 0 unspecified atom stereocenters. The van der Waals surface area contributed by atoms with Gasteiger partial charge in [0.1, 0.15) is 0 Å². The van der Waals surface area contributed by atoms with Crippen LogP contribution in [0.5, 0.6) is 0 Å². The summed E-state index contributed by atoms with van der Waals surface area (Å²) < 4.78 is 0. The Kier molecular flexibility index (Phi) is 2.23. The molecular formula is C14H15N3O2. The van der Waals surface area contributed by atoms with Crippen LogP contribution in [0.1, 0.15) is 19.4 Å². The number of hydrogen-bond acceptors (Lipinski definition) is 2. The number of fused-ring (bicyclic) bond motifs is 1. The maximum absolute atomic E-state index is 12.2. The number of nitrogens with zero attached hydrogens (tertiary/aromatic N) is 1. The fraction of sp³-hybridized carbons (Fsp3) is 0.286. The molecule has 2 heterocycles. The van der Waals surface area contributed by atoms with Crippen molar-refractivity contribution in [1.29, 1.82) is 0 Å². The van der Waals surface area contributed by atoms with E-state index in [-0.39, 0.29) is 11.5 Å². The summed E-state index contributed by atoms with van der Waals surface area (Å²) in [5.41, 5.74) is 2.84. The molecule has 0 spiro atoms. The standard InChI is InChI=1S/C14H15N3O2/c1-14(2)9-6-8(10-7-12(18)16-15-10)4-5-11(9)17(3)13(14)19/h4-7H,1-3H3,(H2,15,16,18). The smallest absolute Gasteiger partial charge is 0.264 e. The number of hydrogen-bond donors (Lipinski definition) is 2. The van der Waals surface area contributed by atoms with Crippen LogP contribution in [0.3, 0.4) is 0 Å². The highest BCUT2D eigenvalue weighted by atomic mass is 16.2. The van der Waals surface area contributed by atoms with Crippen LogP contribution in [0.15, 0.2) is 29.1 Å². The SMILES string of the molecule is CN1C(=O)C(C)(C)c2cc(-c3cc(=O)[nH][nH]3)ccc21. The molecule has 19 heavy (non-hydrogen) atoms. The van der Waals surface area contributed by atoms with Crippen LogP contribution in [0, 0.1) is 0 Å². The maximum atomic E-state index is 12.2. The van der Waals surface area contributed by atoms with Crippen molar-refractivity contribution in [3.05, 3.63) is 40.2 Å². The van der Waals surface area contributed by atoms with Gasteiger partial charge in [-0.1, -0.05) is 6.07 Å². The van der Waals surface area contributed by atoms with Gasteiger partial charge in [-0.15, -0.1) is 0 Å². The van der Waals surface area contributed by atoms with E-state index in [4.69, 9.17) is 0 Å². The van der Waals surface area contributed by atoms with Crippen molar-refractivity contribution >= 4 is 11.6 Å². The Balaban J connectivity index is 2.18. The Morgan fingerprint density at radius 1 is 1.11 bits per heavy atom. The van der Waals surface area contributed by atoms with Crippen molar-refractivity contribution in [2.24, 2.45) is 0 Å². The van der Waals surface area contributed by atoms with Crippen molar-refractivity contribution in [3.8, 4) is 11.3 Å². The zero-order valence-corrected chi connectivity index (χ0v) is 11.1. The average molecular weight is 257 g/mol. The Hall–Kier alpha value is -2.30. The van der Waals surface area contributed by atoms with Crippen LogP contribution in [0.4, 0.5) is 5.69 Å². The number of aromatic amines is 2. The monoisotopic (exact) mass is 257 g/mol. The second-order valence-electron chi connectivity index (χ2n) is 5.39. The zero-order valence-electron chi connectivity index (χ0n) is 11.1. The minimum Gasteiger partial charge on any atom is -0.314 e. The molecule has 0 atom stereocenters. The van der Waals surface area contributed by atoms with E-state index in [1.807, 2.05) is 32.0 Å². The molecule has 3 rings (SSSR count). The zero-order chi connectivity index (χ0) is 13.8. The lowest BCUT2D eigenvalue weighted by atomic mass is 9.85. The third-order valence-electron chi connectivity index (χ3n) is 3.78. The predicted molar refractivity (Wildman–Crippen MR) is 73.3 cm³/mol. The van der Waals surface area contributed by atoms with Crippen molar-refractivity contribution in [2.75, 3.05) is 11.9 Å². The highest BCUT2D eigenvalue weighted by molar-refractivity contribution is 6.07. The molecule has 1 aromatic carbocycles. The van der Waals surface area contributed by atoms with E-state index in [1.165, 1.54) is 6.07 Å². The first kappa shape index (κ1) is 11.8. The van der Waals surface area contributed by atoms with Crippen molar-refractivity contribution in [3.63, 3.8) is 0 Å². The molecule has 2 aromatic rings. The van der Waals surface area contributed by atoms with Crippen LogP contribution in [-0.4, -0.2) is 23.2 Å². The van der Waals surface area contributed by atoms with Crippen molar-refractivity contribution < 1.29 is 4.79 Å². The quantitative estimate of drug-likeness (QED) is 0.815. The topological polar surface area (TPSA) is 69.0 Å². The van der Waals surface area contributed by atoms with Crippen LogP contribution < -0.4 is 10.5 Å². The lowest BCUT2D eigenvalue weighted by molar-refractivity contribution is -0.121. The number of aromatic nitrogens is 2. The molecule has 0 aliphatic carbocycles.